The number of carbonyl (C=O) groups is 1. The molecule has 1 rings (SSSR count). The van der Waals surface area contributed by atoms with Gasteiger partial charge in [0.2, 0.25) is 0 Å². The van der Waals surface area contributed by atoms with Gasteiger partial charge in [-0.1, -0.05) is 20.8 Å². The van der Waals surface area contributed by atoms with E-state index >= 15 is 0 Å². The summed E-state index contributed by atoms with van der Waals surface area (Å²) in [6.07, 6.45) is 2.81. The van der Waals surface area contributed by atoms with Gasteiger partial charge in [0.05, 0.1) is 5.56 Å². The molecule has 118 valence electrons. The van der Waals surface area contributed by atoms with Crippen LogP contribution in [0.15, 0.2) is 23.4 Å². The van der Waals surface area contributed by atoms with Gasteiger partial charge in [-0.15, -0.1) is 11.8 Å². The van der Waals surface area contributed by atoms with Crippen LogP contribution in [0.3, 0.4) is 0 Å². The molecule has 0 radical (unpaired) electrons. The second kappa shape index (κ2) is 8.39. The van der Waals surface area contributed by atoms with E-state index in [1.807, 2.05) is 26.2 Å². The minimum Gasteiger partial charge on any atom is -0.351 e. The summed E-state index contributed by atoms with van der Waals surface area (Å²) < 4.78 is 0. The van der Waals surface area contributed by atoms with Gasteiger partial charge in [0, 0.05) is 19.3 Å². The molecule has 1 aromatic heterocycles. The van der Waals surface area contributed by atoms with E-state index in [0.29, 0.717) is 12.1 Å². The van der Waals surface area contributed by atoms with Crippen LogP contribution < -0.4 is 5.32 Å². The predicted molar refractivity (Wildman–Crippen MR) is 89.9 cm³/mol. The van der Waals surface area contributed by atoms with Crippen LogP contribution in [0.5, 0.6) is 0 Å². The Balaban J connectivity index is 2.67. The first kappa shape index (κ1) is 18.0. The average Bonchev–Trinajstić information content (AvgIpc) is 2.41. The summed E-state index contributed by atoms with van der Waals surface area (Å²) in [6.45, 7) is 8.01. The lowest BCUT2D eigenvalue weighted by molar-refractivity contribution is 0.0925. The lowest BCUT2D eigenvalue weighted by Crippen LogP contribution is -2.40. The van der Waals surface area contributed by atoms with Crippen LogP contribution in [-0.2, 0) is 0 Å². The molecular formula is C16H27N3OS. The molecule has 0 aliphatic rings. The Morgan fingerprint density at radius 3 is 2.76 bits per heavy atom. The zero-order valence-corrected chi connectivity index (χ0v) is 14.6. The van der Waals surface area contributed by atoms with Crippen LogP contribution >= 0.6 is 11.8 Å². The Morgan fingerprint density at radius 1 is 1.43 bits per heavy atom. The van der Waals surface area contributed by atoms with Crippen LogP contribution in [0.4, 0.5) is 0 Å². The topological polar surface area (TPSA) is 45.2 Å². The molecule has 4 nitrogen and oxygen atoms in total. The van der Waals surface area contributed by atoms with Crippen LogP contribution in [-0.4, -0.2) is 48.7 Å². The maximum absolute atomic E-state index is 12.4. The van der Waals surface area contributed by atoms with Crippen molar-refractivity contribution < 1.29 is 4.79 Å². The summed E-state index contributed by atoms with van der Waals surface area (Å²) >= 11 is 1.64. The Bertz CT molecular complexity index is 461. The number of rotatable bonds is 8. The third kappa shape index (κ3) is 6.48. The molecule has 0 spiro atoms. The fourth-order valence-corrected chi connectivity index (χ4v) is 3.05. The van der Waals surface area contributed by atoms with E-state index in [-0.39, 0.29) is 11.3 Å². The highest BCUT2D eigenvalue weighted by molar-refractivity contribution is 7.99. The van der Waals surface area contributed by atoms with E-state index in [4.69, 9.17) is 0 Å². The number of thioether (sulfide) groups is 1. The van der Waals surface area contributed by atoms with Gasteiger partial charge < -0.3 is 10.2 Å². The van der Waals surface area contributed by atoms with Gasteiger partial charge in [0.15, 0.2) is 0 Å². The lowest BCUT2D eigenvalue weighted by Gasteiger charge is -2.28. The first-order valence-electron chi connectivity index (χ1n) is 7.36. The van der Waals surface area contributed by atoms with Gasteiger partial charge in [-0.2, -0.15) is 0 Å². The van der Waals surface area contributed by atoms with Crippen molar-refractivity contribution in [3.8, 4) is 0 Å². The standard InChI is InChI=1S/C16H27N3OS/c1-6-10-21-15-13(8-7-9-17-15)14(20)18-11-16(2,3)12-19(4)5/h7-9H,6,10-12H2,1-5H3,(H,18,20). The molecule has 1 N–H and O–H groups in total. The second-order valence-electron chi connectivity index (χ2n) is 6.29. The quantitative estimate of drug-likeness (QED) is 0.750. The molecule has 0 fully saturated rings. The van der Waals surface area contributed by atoms with Crippen molar-refractivity contribution in [2.75, 3.05) is 32.9 Å². The Kier molecular flexibility index (Phi) is 7.18. The minimum atomic E-state index is -0.0338. The summed E-state index contributed by atoms with van der Waals surface area (Å²) in [7, 11) is 4.09. The molecule has 0 aromatic carbocycles. The largest absolute Gasteiger partial charge is 0.351 e. The van der Waals surface area contributed by atoms with Crippen molar-refractivity contribution in [2.24, 2.45) is 5.41 Å². The third-order valence-electron chi connectivity index (χ3n) is 2.93. The molecule has 0 aliphatic heterocycles. The van der Waals surface area contributed by atoms with Crippen molar-refractivity contribution in [2.45, 2.75) is 32.2 Å². The molecule has 0 unspecified atom stereocenters. The van der Waals surface area contributed by atoms with E-state index in [1.165, 1.54) is 0 Å². The molecule has 0 atom stereocenters. The fraction of sp³-hybridized carbons (Fsp3) is 0.625. The Hall–Kier alpha value is -1.07. The van der Waals surface area contributed by atoms with Gasteiger partial charge in [0.1, 0.15) is 5.03 Å². The van der Waals surface area contributed by atoms with Gasteiger partial charge in [-0.05, 0) is 43.8 Å². The summed E-state index contributed by atoms with van der Waals surface area (Å²) in [6, 6.07) is 3.66. The van der Waals surface area contributed by atoms with Crippen LogP contribution in [0.25, 0.3) is 0 Å². The molecule has 0 aliphatic carbocycles. The normalized spacial score (nSPS) is 11.7. The number of aromatic nitrogens is 1. The van der Waals surface area contributed by atoms with Gasteiger partial charge in [0.25, 0.3) is 5.91 Å². The van der Waals surface area contributed by atoms with E-state index in [0.717, 1.165) is 23.7 Å². The highest BCUT2D eigenvalue weighted by Gasteiger charge is 2.21. The van der Waals surface area contributed by atoms with Gasteiger partial charge >= 0.3 is 0 Å². The zero-order valence-electron chi connectivity index (χ0n) is 13.8. The van der Waals surface area contributed by atoms with Gasteiger partial charge in [-0.25, -0.2) is 4.98 Å². The monoisotopic (exact) mass is 309 g/mol. The number of nitrogens with one attached hydrogen (secondary N) is 1. The summed E-state index contributed by atoms with van der Waals surface area (Å²) in [5.41, 5.74) is 0.717. The van der Waals surface area contributed by atoms with Crippen molar-refractivity contribution in [3.05, 3.63) is 23.9 Å². The fourth-order valence-electron chi connectivity index (χ4n) is 2.20. The number of carbonyl (C=O) groups excluding carboxylic acids is 1. The number of pyridine rings is 1. The molecular weight excluding hydrogens is 282 g/mol. The number of hydrogen-bond acceptors (Lipinski definition) is 4. The molecule has 0 saturated heterocycles. The van der Waals surface area contributed by atoms with E-state index in [9.17, 15) is 4.79 Å². The zero-order chi connectivity index (χ0) is 15.9. The molecule has 0 saturated carbocycles. The van der Waals surface area contributed by atoms with Crippen molar-refractivity contribution in [1.29, 1.82) is 0 Å². The minimum absolute atomic E-state index is 0.0338. The summed E-state index contributed by atoms with van der Waals surface area (Å²) in [4.78, 5) is 18.8. The molecule has 1 aromatic rings. The molecule has 1 amide bonds. The highest BCUT2D eigenvalue weighted by Crippen LogP contribution is 2.21. The maximum Gasteiger partial charge on any atom is 0.254 e. The van der Waals surface area contributed by atoms with Crippen LogP contribution in [0, 0.1) is 5.41 Å². The Labute approximate surface area is 132 Å². The third-order valence-corrected chi connectivity index (χ3v) is 4.14. The maximum atomic E-state index is 12.4. The number of amides is 1. The Morgan fingerprint density at radius 2 is 2.14 bits per heavy atom. The predicted octanol–water partition coefficient (Wildman–Crippen LogP) is 2.90. The molecule has 21 heavy (non-hydrogen) atoms. The van der Waals surface area contributed by atoms with Gasteiger partial charge in [-0.3, -0.25) is 4.79 Å². The highest BCUT2D eigenvalue weighted by atomic mass is 32.2. The van der Waals surface area contributed by atoms with Crippen molar-refractivity contribution in [1.82, 2.24) is 15.2 Å². The van der Waals surface area contributed by atoms with E-state index < -0.39 is 0 Å². The first-order chi connectivity index (χ1) is 9.85. The van der Waals surface area contributed by atoms with E-state index in [2.05, 4.69) is 36.0 Å². The van der Waals surface area contributed by atoms with Crippen molar-refractivity contribution >= 4 is 17.7 Å². The average molecular weight is 309 g/mol. The van der Waals surface area contributed by atoms with Crippen LogP contribution in [0.1, 0.15) is 37.6 Å². The lowest BCUT2D eigenvalue weighted by atomic mass is 9.93. The van der Waals surface area contributed by atoms with E-state index in [1.54, 1.807) is 18.0 Å². The first-order valence-corrected chi connectivity index (χ1v) is 8.35. The summed E-state index contributed by atoms with van der Waals surface area (Å²) in [5.74, 6) is 0.942. The molecule has 1 heterocycles. The number of nitrogens with zero attached hydrogens (tertiary/aromatic N) is 2. The van der Waals surface area contributed by atoms with Crippen molar-refractivity contribution in [3.63, 3.8) is 0 Å². The molecule has 5 heteroatoms. The SMILES string of the molecule is CCCSc1ncccc1C(=O)NCC(C)(C)CN(C)C. The number of hydrogen-bond donors (Lipinski definition) is 1. The van der Waals surface area contributed by atoms with Crippen LogP contribution in [0.2, 0.25) is 0 Å². The summed E-state index contributed by atoms with van der Waals surface area (Å²) in [5, 5.41) is 3.86. The molecule has 0 bridgehead atoms. The smallest absolute Gasteiger partial charge is 0.254 e. The second-order valence-corrected chi connectivity index (χ2v) is 7.37.